The van der Waals surface area contributed by atoms with Crippen LogP contribution < -0.4 is 5.32 Å². The minimum Gasteiger partial charge on any atom is -0.391 e. The summed E-state index contributed by atoms with van der Waals surface area (Å²) in [6.07, 6.45) is -0.238. The van der Waals surface area contributed by atoms with Crippen molar-refractivity contribution in [2.45, 2.75) is 11.0 Å². The molecule has 1 aromatic rings. The standard InChI is InChI=1S/C11H14FNOS/c12-9-1-3-10(4-2-9)15-7-8-5-13-6-11(8)14/h1-4,8,11,13-14H,5-7H2/t8-,11+/m1/s1. The molecule has 15 heavy (non-hydrogen) atoms. The van der Waals surface area contributed by atoms with Crippen LogP contribution >= 0.6 is 11.8 Å². The first-order valence-electron chi connectivity index (χ1n) is 5.03. The van der Waals surface area contributed by atoms with Gasteiger partial charge in [-0.05, 0) is 24.3 Å². The maximum absolute atomic E-state index is 12.6. The van der Waals surface area contributed by atoms with E-state index >= 15 is 0 Å². The summed E-state index contributed by atoms with van der Waals surface area (Å²) in [6.45, 7) is 1.56. The lowest BCUT2D eigenvalue weighted by Gasteiger charge is -2.12. The van der Waals surface area contributed by atoms with Crippen LogP contribution in [0.2, 0.25) is 0 Å². The van der Waals surface area contributed by atoms with Crippen LogP contribution in [0.5, 0.6) is 0 Å². The van der Waals surface area contributed by atoms with Crippen LogP contribution in [0.25, 0.3) is 0 Å². The van der Waals surface area contributed by atoms with Gasteiger partial charge in [0.25, 0.3) is 0 Å². The molecule has 2 atom stereocenters. The van der Waals surface area contributed by atoms with Crippen molar-refractivity contribution >= 4 is 11.8 Å². The Hall–Kier alpha value is -0.580. The van der Waals surface area contributed by atoms with Crippen LogP contribution in [0, 0.1) is 11.7 Å². The lowest BCUT2D eigenvalue weighted by Crippen LogP contribution is -2.19. The summed E-state index contributed by atoms with van der Waals surface area (Å²) < 4.78 is 12.6. The van der Waals surface area contributed by atoms with Crippen LogP contribution in [0.15, 0.2) is 29.2 Å². The van der Waals surface area contributed by atoms with Gasteiger partial charge in [-0.3, -0.25) is 0 Å². The lowest BCUT2D eigenvalue weighted by atomic mass is 10.1. The Kier molecular flexibility index (Phi) is 3.61. The molecule has 0 aliphatic carbocycles. The fourth-order valence-corrected chi connectivity index (χ4v) is 2.70. The summed E-state index contributed by atoms with van der Waals surface area (Å²) in [5.41, 5.74) is 0. The van der Waals surface area contributed by atoms with Gasteiger partial charge >= 0.3 is 0 Å². The number of halogens is 1. The predicted molar refractivity (Wildman–Crippen MR) is 59.5 cm³/mol. The zero-order chi connectivity index (χ0) is 10.7. The van der Waals surface area contributed by atoms with E-state index in [0.717, 1.165) is 17.2 Å². The topological polar surface area (TPSA) is 32.3 Å². The van der Waals surface area contributed by atoms with Gasteiger partial charge in [0.1, 0.15) is 5.82 Å². The van der Waals surface area contributed by atoms with Gasteiger partial charge in [0, 0.05) is 29.7 Å². The molecule has 0 bridgehead atoms. The molecule has 2 rings (SSSR count). The predicted octanol–water partition coefficient (Wildman–Crippen LogP) is 1.50. The van der Waals surface area contributed by atoms with Gasteiger partial charge in [-0.25, -0.2) is 4.39 Å². The number of rotatable bonds is 3. The van der Waals surface area contributed by atoms with Crippen molar-refractivity contribution in [2.75, 3.05) is 18.8 Å². The fourth-order valence-electron chi connectivity index (χ4n) is 1.62. The van der Waals surface area contributed by atoms with Crippen molar-refractivity contribution in [3.63, 3.8) is 0 Å². The molecule has 0 aromatic heterocycles. The maximum atomic E-state index is 12.6. The van der Waals surface area contributed by atoms with Gasteiger partial charge in [-0.15, -0.1) is 11.8 Å². The second kappa shape index (κ2) is 4.96. The second-order valence-corrected chi connectivity index (χ2v) is 4.84. The first-order valence-corrected chi connectivity index (χ1v) is 6.01. The van der Waals surface area contributed by atoms with Crippen LogP contribution in [-0.2, 0) is 0 Å². The number of hydrogen-bond acceptors (Lipinski definition) is 3. The highest BCUT2D eigenvalue weighted by Crippen LogP contribution is 2.23. The van der Waals surface area contributed by atoms with Gasteiger partial charge < -0.3 is 10.4 Å². The van der Waals surface area contributed by atoms with Crippen molar-refractivity contribution in [1.29, 1.82) is 0 Å². The molecule has 2 nitrogen and oxygen atoms in total. The molecule has 0 unspecified atom stereocenters. The van der Waals surface area contributed by atoms with Crippen LogP contribution in [-0.4, -0.2) is 30.1 Å². The molecule has 0 saturated carbocycles. The molecular weight excluding hydrogens is 213 g/mol. The summed E-state index contributed by atoms with van der Waals surface area (Å²) in [4.78, 5) is 1.05. The smallest absolute Gasteiger partial charge is 0.123 e. The zero-order valence-corrected chi connectivity index (χ0v) is 9.14. The average molecular weight is 227 g/mol. The van der Waals surface area contributed by atoms with Gasteiger partial charge in [0.15, 0.2) is 0 Å². The molecule has 1 aliphatic heterocycles. The molecule has 1 saturated heterocycles. The molecule has 82 valence electrons. The number of hydrogen-bond donors (Lipinski definition) is 2. The van der Waals surface area contributed by atoms with Crippen molar-refractivity contribution in [2.24, 2.45) is 5.92 Å². The molecule has 0 amide bonds. The summed E-state index contributed by atoms with van der Waals surface area (Å²) >= 11 is 1.66. The number of β-amino-alcohol motifs (C(OH)–C–C–N with tert-alkyl or cyclic N) is 1. The number of thioether (sulfide) groups is 1. The van der Waals surface area contributed by atoms with E-state index in [0.29, 0.717) is 12.5 Å². The molecule has 0 radical (unpaired) electrons. The van der Waals surface area contributed by atoms with Crippen molar-refractivity contribution < 1.29 is 9.50 Å². The second-order valence-electron chi connectivity index (χ2n) is 3.75. The van der Waals surface area contributed by atoms with E-state index in [2.05, 4.69) is 5.32 Å². The summed E-state index contributed by atoms with van der Waals surface area (Å²) in [6, 6.07) is 6.47. The lowest BCUT2D eigenvalue weighted by molar-refractivity contribution is 0.158. The Labute approximate surface area is 92.9 Å². The van der Waals surface area contributed by atoms with Crippen molar-refractivity contribution in [3.05, 3.63) is 30.1 Å². The zero-order valence-electron chi connectivity index (χ0n) is 8.32. The first kappa shape index (κ1) is 10.9. The number of aliphatic hydroxyl groups is 1. The minimum absolute atomic E-state index is 0.207. The minimum atomic E-state index is -0.238. The maximum Gasteiger partial charge on any atom is 0.123 e. The van der Waals surface area contributed by atoms with Crippen LogP contribution in [0.4, 0.5) is 4.39 Å². The number of benzene rings is 1. The highest BCUT2D eigenvalue weighted by atomic mass is 32.2. The normalized spacial score (nSPS) is 25.7. The Balaban J connectivity index is 1.85. The van der Waals surface area contributed by atoms with Crippen molar-refractivity contribution in [1.82, 2.24) is 5.32 Å². The summed E-state index contributed by atoms with van der Waals surface area (Å²) in [7, 11) is 0. The molecule has 2 N–H and O–H groups in total. The molecule has 1 fully saturated rings. The average Bonchev–Trinajstić information content (AvgIpc) is 2.63. The van der Waals surface area contributed by atoms with E-state index in [4.69, 9.17) is 0 Å². The van der Waals surface area contributed by atoms with E-state index in [9.17, 15) is 9.50 Å². The first-order chi connectivity index (χ1) is 7.25. The number of nitrogens with one attached hydrogen (secondary N) is 1. The highest BCUT2D eigenvalue weighted by molar-refractivity contribution is 7.99. The third kappa shape index (κ3) is 2.93. The fraction of sp³-hybridized carbons (Fsp3) is 0.455. The molecule has 0 spiro atoms. The molecule has 1 heterocycles. The molecule has 1 aliphatic rings. The van der Waals surface area contributed by atoms with E-state index in [1.807, 2.05) is 0 Å². The van der Waals surface area contributed by atoms with Crippen LogP contribution in [0.3, 0.4) is 0 Å². The van der Waals surface area contributed by atoms with E-state index in [-0.39, 0.29) is 11.9 Å². The van der Waals surface area contributed by atoms with Crippen molar-refractivity contribution in [3.8, 4) is 0 Å². The van der Waals surface area contributed by atoms with Gasteiger partial charge in [0.05, 0.1) is 6.10 Å². The monoisotopic (exact) mass is 227 g/mol. The van der Waals surface area contributed by atoms with Gasteiger partial charge in [0.2, 0.25) is 0 Å². The molecule has 4 heteroatoms. The SMILES string of the molecule is O[C@H]1CNC[C@@H]1CSc1ccc(F)cc1. The van der Waals surface area contributed by atoms with E-state index in [1.165, 1.54) is 12.1 Å². The Bertz CT molecular complexity index is 317. The van der Waals surface area contributed by atoms with E-state index < -0.39 is 0 Å². The molecular formula is C11H14FNOS. The third-order valence-corrected chi connectivity index (χ3v) is 3.78. The summed E-state index contributed by atoms with van der Waals surface area (Å²) in [5.74, 6) is 0.974. The molecule has 1 aromatic carbocycles. The highest BCUT2D eigenvalue weighted by Gasteiger charge is 2.24. The largest absolute Gasteiger partial charge is 0.391 e. The Morgan fingerprint density at radius 3 is 2.67 bits per heavy atom. The summed E-state index contributed by atoms with van der Waals surface area (Å²) in [5, 5.41) is 12.7. The van der Waals surface area contributed by atoms with Gasteiger partial charge in [-0.1, -0.05) is 0 Å². The third-order valence-electron chi connectivity index (χ3n) is 2.58. The quantitative estimate of drug-likeness (QED) is 0.768. The Morgan fingerprint density at radius 2 is 2.07 bits per heavy atom. The van der Waals surface area contributed by atoms with E-state index in [1.54, 1.807) is 23.9 Å². The number of aliphatic hydroxyl groups excluding tert-OH is 1. The Morgan fingerprint density at radius 1 is 1.33 bits per heavy atom. The van der Waals surface area contributed by atoms with Gasteiger partial charge in [-0.2, -0.15) is 0 Å². The van der Waals surface area contributed by atoms with Crippen LogP contribution in [0.1, 0.15) is 0 Å².